The second-order valence-corrected chi connectivity index (χ2v) is 8.00. The van der Waals surface area contributed by atoms with Crippen molar-refractivity contribution in [2.24, 2.45) is 0 Å². The van der Waals surface area contributed by atoms with Gasteiger partial charge in [0.2, 0.25) is 21.8 Å². The molecule has 2 amide bonds. The fourth-order valence-electron chi connectivity index (χ4n) is 2.56. The first-order valence-electron chi connectivity index (χ1n) is 8.13. The van der Waals surface area contributed by atoms with Crippen LogP contribution < -0.4 is 10.6 Å². The zero-order valence-corrected chi connectivity index (χ0v) is 15.3. The fourth-order valence-corrected chi connectivity index (χ4v) is 3.68. The van der Waals surface area contributed by atoms with E-state index in [1.54, 1.807) is 4.90 Å². The molecule has 2 N–H and O–H groups in total. The van der Waals surface area contributed by atoms with Crippen molar-refractivity contribution in [3.05, 3.63) is 24.3 Å². The molecule has 25 heavy (non-hydrogen) atoms. The average molecular weight is 368 g/mol. The minimum absolute atomic E-state index is 0.0782. The maximum atomic E-state index is 12.6. The minimum atomic E-state index is -3.77. The van der Waals surface area contributed by atoms with Gasteiger partial charge in [0.1, 0.15) is 0 Å². The van der Waals surface area contributed by atoms with Crippen LogP contribution in [0.2, 0.25) is 0 Å². The van der Waals surface area contributed by atoms with Crippen LogP contribution in [-0.4, -0.2) is 69.2 Å². The number of sulfonamides is 1. The molecule has 0 unspecified atom stereocenters. The first-order valence-corrected chi connectivity index (χ1v) is 9.57. The third kappa shape index (κ3) is 5.25. The Balaban J connectivity index is 2.04. The SMILES string of the molecule is CC(=O)Nc1ccc(S(=O)(=O)N(C)CC(=O)N2CCCNCC2)cc1. The van der Waals surface area contributed by atoms with Crippen LogP contribution in [0, 0.1) is 0 Å². The molecule has 1 aromatic carbocycles. The number of amides is 2. The molecule has 138 valence electrons. The van der Waals surface area contributed by atoms with E-state index in [0.29, 0.717) is 25.3 Å². The first-order chi connectivity index (χ1) is 11.8. The van der Waals surface area contributed by atoms with E-state index in [1.807, 2.05) is 0 Å². The molecule has 9 heteroatoms. The molecule has 1 aliphatic heterocycles. The molecule has 1 fully saturated rings. The molecule has 1 aliphatic rings. The number of nitrogens with one attached hydrogen (secondary N) is 2. The predicted octanol–water partition coefficient (Wildman–Crippen LogP) is 0.0874. The lowest BCUT2D eigenvalue weighted by atomic mass is 10.3. The number of likely N-dealkylation sites (N-methyl/N-ethyl adjacent to an activating group) is 1. The van der Waals surface area contributed by atoms with Crippen LogP contribution in [0.25, 0.3) is 0 Å². The molecule has 0 aromatic heterocycles. The van der Waals surface area contributed by atoms with Gasteiger partial charge in [0.05, 0.1) is 11.4 Å². The molecule has 1 heterocycles. The summed E-state index contributed by atoms with van der Waals surface area (Å²) < 4.78 is 26.3. The highest BCUT2D eigenvalue weighted by molar-refractivity contribution is 7.89. The highest BCUT2D eigenvalue weighted by Crippen LogP contribution is 2.17. The van der Waals surface area contributed by atoms with E-state index in [1.165, 1.54) is 38.2 Å². The molecule has 0 atom stereocenters. The van der Waals surface area contributed by atoms with Crippen molar-refractivity contribution in [3.8, 4) is 0 Å². The van der Waals surface area contributed by atoms with Crippen LogP contribution in [0.4, 0.5) is 5.69 Å². The number of carbonyl (C=O) groups excluding carboxylic acids is 2. The van der Waals surface area contributed by atoms with Gasteiger partial charge in [-0.15, -0.1) is 0 Å². The van der Waals surface area contributed by atoms with E-state index >= 15 is 0 Å². The van der Waals surface area contributed by atoms with Crippen molar-refractivity contribution in [2.45, 2.75) is 18.2 Å². The topological polar surface area (TPSA) is 98.8 Å². The van der Waals surface area contributed by atoms with Crippen LogP contribution in [0.3, 0.4) is 0 Å². The Hall–Kier alpha value is -1.97. The molecular formula is C16H24N4O4S. The average Bonchev–Trinajstić information content (AvgIpc) is 2.84. The highest BCUT2D eigenvalue weighted by Gasteiger charge is 2.25. The second kappa shape index (κ2) is 8.41. The van der Waals surface area contributed by atoms with Crippen LogP contribution >= 0.6 is 0 Å². The Morgan fingerprint density at radius 3 is 2.52 bits per heavy atom. The van der Waals surface area contributed by atoms with Crippen LogP contribution in [-0.2, 0) is 19.6 Å². The molecule has 1 aromatic rings. The van der Waals surface area contributed by atoms with Gasteiger partial charge in [-0.25, -0.2) is 8.42 Å². The van der Waals surface area contributed by atoms with Gasteiger partial charge in [0, 0.05) is 39.3 Å². The van der Waals surface area contributed by atoms with E-state index in [0.717, 1.165) is 17.3 Å². The van der Waals surface area contributed by atoms with E-state index in [4.69, 9.17) is 0 Å². The summed E-state index contributed by atoms with van der Waals surface area (Å²) >= 11 is 0. The van der Waals surface area contributed by atoms with E-state index in [-0.39, 0.29) is 23.3 Å². The van der Waals surface area contributed by atoms with Gasteiger partial charge in [-0.1, -0.05) is 0 Å². The maximum absolute atomic E-state index is 12.6. The minimum Gasteiger partial charge on any atom is -0.340 e. The Bertz CT molecular complexity index is 710. The molecule has 0 saturated carbocycles. The second-order valence-electron chi connectivity index (χ2n) is 5.95. The van der Waals surface area contributed by atoms with Gasteiger partial charge >= 0.3 is 0 Å². The molecule has 2 rings (SSSR count). The number of hydrogen-bond donors (Lipinski definition) is 2. The number of nitrogens with zero attached hydrogens (tertiary/aromatic N) is 2. The summed E-state index contributed by atoms with van der Waals surface area (Å²) in [4.78, 5) is 25.1. The molecule has 0 aliphatic carbocycles. The fraction of sp³-hybridized carbons (Fsp3) is 0.500. The number of hydrogen-bond acceptors (Lipinski definition) is 5. The summed E-state index contributed by atoms with van der Waals surface area (Å²) in [6, 6.07) is 5.86. The normalized spacial score (nSPS) is 15.7. The van der Waals surface area contributed by atoms with Crippen LogP contribution in [0.1, 0.15) is 13.3 Å². The Labute approximate surface area is 148 Å². The lowest BCUT2D eigenvalue weighted by molar-refractivity contribution is -0.131. The predicted molar refractivity (Wildman–Crippen MR) is 94.6 cm³/mol. The molecule has 0 bridgehead atoms. The quantitative estimate of drug-likeness (QED) is 0.767. The van der Waals surface area contributed by atoms with Gasteiger partial charge < -0.3 is 15.5 Å². The summed E-state index contributed by atoms with van der Waals surface area (Å²) in [6.07, 6.45) is 0.854. The lowest BCUT2D eigenvalue weighted by Gasteiger charge is -2.23. The van der Waals surface area contributed by atoms with Crippen LogP contribution in [0.5, 0.6) is 0 Å². The van der Waals surface area contributed by atoms with Gasteiger partial charge in [0.25, 0.3) is 0 Å². The summed E-state index contributed by atoms with van der Waals surface area (Å²) in [5.41, 5.74) is 0.516. The molecule has 1 saturated heterocycles. The maximum Gasteiger partial charge on any atom is 0.243 e. The first kappa shape index (κ1) is 19.4. The monoisotopic (exact) mass is 368 g/mol. The molecule has 0 spiro atoms. The summed E-state index contributed by atoms with van der Waals surface area (Å²) in [5.74, 6) is -0.435. The molecule has 8 nitrogen and oxygen atoms in total. The smallest absolute Gasteiger partial charge is 0.243 e. The molecular weight excluding hydrogens is 344 g/mol. The molecule has 0 radical (unpaired) electrons. The Morgan fingerprint density at radius 2 is 1.88 bits per heavy atom. The zero-order valence-electron chi connectivity index (χ0n) is 14.5. The third-order valence-corrected chi connectivity index (χ3v) is 5.75. The number of benzene rings is 1. The Morgan fingerprint density at radius 1 is 1.20 bits per heavy atom. The summed E-state index contributed by atoms with van der Waals surface area (Å²) in [6.45, 7) is 3.97. The van der Waals surface area contributed by atoms with Gasteiger partial charge in [-0.3, -0.25) is 9.59 Å². The Kier molecular flexibility index (Phi) is 6.51. The lowest BCUT2D eigenvalue weighted by Crippen LogP contribution is -2.42. The number of carbonyl (C=O) groups is 2. The number of rotatable bonds is 5. The summed E-state index contributed by atoms with van der Waals surface area (Å²) in [5, 5.41) is 5.78. The van der Waals surface area contributed by atoms with Crippen LogP contribution in [0.15, 0.2) is 29.2 Å². The van der Waals surface area contributed by atoms with Crippen molar-refractivity contribution in [1.82, 2.24) is 14.5 Å². The van der Waals surface area contributed by atoms with Crippen molar-refractivity contribution >= 4 is 27.5 Å². The zero-order chi connectivity index (χ0) is 18.4. The van der Waals surface area contributed by atoms with E-state index in [9.17, 15) is 18.0 Å². The van der Waals surface area contributed by atoms with Crippen molar-refractivity contribution < 1.29 is 18.0 Å². The van der Waals surface area contributed by atoms with Crippen molar-refractivity contribution in [2.75, 3.05) is 45.1 Å². The standard InChI is InChI=1S/C16H24N4O4S/c1-13(21)18-14-4-6-15(7-5-14)25(23,24)19(2)12-16(22)20-10-3-8-17-9-11-20/h4-7,17H,3,8-12H2,1-2H3,(H,18,21). The summed E-state index contributed by atoms with van der Waals surface area (Å²) in [7, 11) is -2.38. The largest absolute Gasteiger partial charge is 0.340 e. The van der Waals surface area contributed by atoms with Crippen molar-refractivity contribution in [1.29, 1.82) is 0 Å². The van der Waals surface area contributed by atoms with E-state index < -0.39 is 10.0 Å². The van der Waals surface area contributed by atoms with Gasteiger partial charge in [-0.05, 0) is 37.2 Å². The number of anilines is 1. The van der Waals surface area contributed by atoms with Gasteiger partial charge in [0.15, 0.2) is 0 Å². The van der Waals surface area contributed by atoms with Gasteiger partial charge in [-0.2, -0.15) is 4.31 Å². The highest BCUT2D eigenvalue weighted by atomic mass is 32.2. The van der Waals surface area contributed by atoms with E-state index in [2.05, 4.69) is 10.6 Å². The third-order valence-electron chi connectivity index (χ3n) is 3.93. The van der Waals surface area contributed by atoms with Crippen molar-refractivity contribution in [3.63, 3.8) is 0 Å².